The van der Waals surface area contributed by atoms with Crippen molar-refractivity contribution in [3.8, 4) is 0 Å². The van der Waals surface area contributed by atoms with Crippen LogP contribution in [0.5, 0.6) is 0 Å². The molecule has 0 aliphatic rings. The van der Waals surface area contributed by atoms with Gasteiger partial charge in [0.05, 0.1) is 17.0 Å². The van der Waals surface area contributed by atoms with E-state index >= 15 is 0 Å². The smallest absolute Gasteiger partial charge is 0.143 e. The predicted octanol–water partition coefficient (Wildman–Crippen LogP) is 3.44. The predicted molar refractivity (Wildman–Crippen MR) is 61.5 cm³/mol. The minimum atomic E-state index is -1.40. The maximum Gasteiger partial charge on any atom is 0.143 e. The highest BCUT2D eigenvalue weighted by Gasteiger charge is 2.30. The second kappa shape index (κ2) is 4.03. The lowest BCUT2D eigenvalue weighted by atomic mass is 9.90. The van der Waals surface area contributed by atoms with E-state index in [1.807, 2.05) is 0 Å². The monoisotopic (exact) mass is 284 g/mol. The Morgan fingerprint density at radius 3 is 2.75 bits per heavy atom. The average molecular weight is 285 g/mol. The van der Waals surface area contributed by atoms with Gasteiger partial charge in [0, 0.05) is 11.1 Å². The third-order valence-electron chi connectivity index (χ3n) is 2.56. The fraction of sp³-hybridized carbons (Fsp3) is 0.167. The van der Waals surface area contributed by atoms with Crippen LogP contribution >= 0.6 is 15.9 Å². The highest BCUT2D eigenvalue weighted by Crippen LogP contribution is 2.33. The third-order valence-corrected chi connectivity index (χ3v) is 3.17. The molecule has 1 aromatic heterocycles. The summed E-state index contributed by atoms with van der Waals surface area (Å²) in [5.74, 6) is -0.464. The summed E-state index contributed by atoms with van der Waals surface area (Å²) in [4.78, 5) is 0. The van der Waals surface area contributed by atoms with Gasteiger partial charge in [-0.15, -0.1) is 0 Å². The Morgan fingerprint density at radius 2 is 2.12 bits per heavy atom. The molecule has 0 fully saturated rings. The standard InChI is InChI=1S/C12H10BrFO2/c1-12(15,8-5-6-16-7-8)9-3-2-4-10(13)11(9)14/h2-7,15H,1H3. The number of benzene rings is 1. The van der Waals surface area contributed by atoms with Crippen molar-refractivity contribution < 1.29 is 13.9 Å². The lowest BCUT2D eigenvalue weighted by molar-refractivity contribution is 0.0971. The zero-order chi connectivity index (χ0) is 11.8. The number of hydrogen-bond donors (Lipinski definition) is 1. The van der Waals surface area contributed by atoms with Gasteiger partial charge in [-0.1, -0.05) is 12.1 Å². The topological polar surface area (TPSA) is 33.4 Å². The van der Waals surface area contributed by atoms with Gasteiger partial charge in [0.1, 0.15) is 11.4 Å². The van der Waals surface area contributed by atoms with E-state index in [4.69, 9.17) is 4.42 Å². The summed E-state index contributed by atoms with van der Waals surface area (Å²) < 4.78 is 19.1. The quantitative estimate of drug-likeness (QED) is 0.917. The molecule has 84 valence electrons. The van der Waals surface area contributed by atoms with Crippen molar-refractivity contribution in [3.05, 3.63) is 58.2 Å². The molecule has 2 nitrogen and oxygen atoms in total. The van der Waals surface area contributed by atoms with Gasteiger partial charge in [0.2, 0.25) is 0 Å². The SMILES string of the molecule is CC(O)(c1ccoc1)c1cccc(Br)c1F. The van der Waals surface area contributed by atoms with Gasteiger partial charge in [0.15, 0.2) is 0 Å². The summed E-state index contributed by atoms with van der Waals surface area (Å²) in [6.07, 6.45) is 2.85. The van der Waals surface area contributed by atoms with Crippen LogP contribution < -0.4 is 0 Å². The summed E-state index contributed by atoms with van der Waals surface area (Å²) in [5.41, 5.74) is -0.672. The van der Waals surface area contributed by atoms with E-state index < -0.39 is 11.4 Å². The van der Waals surface area contributed by atoms with Crippen LogP contribution in [-0.4, -0.2) is 5.11 Å². The van der Waals surface area contributed by atoms with Gasteiger partial charge < -0.3 is 9.52 Å². The number of halogens is 2. The van der Waals surface area contributed by atoms with E-state index in [0.29, 0.717) is 10.0 Å². The zero-order valence-corrected chi connectivity index (χ0v) is 10.2. The second-order valence-corrected chi connectivity index (χ2v) is 4.54. The molecule has 0 saturated heterocycles. The first-order chi connectivity index (χ1) is 7.53. The van der Waals surface area contributed by atoms with Gasteiger partial charge in [0.25, 0.3) is 0 Å². The van der Waals surface area contributed by atoms with Crippen molar-refractivity contribution in [1.29, 1.82) is 0 Å². The first kappa shape index (κ1) is 11.4. The van der Waals surface area contributed by atoms with E-state index in [9.17, 15) is 9.50 Å². The molecule has 0 radical (unpaired) electrons. The number of rotatable bonds is 2. The Bertz CT molecular complexity index is 492. The largest absolute Gasteiger partial charge is 0.472 e. The lowest BCUT2D eigenvalue weighted by Gasteiger charge is -2.23. The molecule has 0 spiro atoms. The molecule has 0 aliphatic heterocycles. The van der Waals surface area contributed by atoms with E-state index in [0.717, 1.165) is 0 Å². The molecule has 16 heavy (non-hydrogen) atoms. The van der Waals surface area contributed by atoms with E-state index in [-0.39, 0.29) is 5.56 Å². The van der Waals surface area contributed by atoms with Crippen LogP contribution in [0.3, 0.4) is 0 Å². The van der Waals surface area contributed by atoms with Crippen molar-refractivity contribution in [1.82, 2.24) is 0 Å². The van der Waals surface area contributed by atoms with Crippen molar-refractivity contribution in [2.75, 3.05) is 0 Å². The molecular weight excluding hydrogens is 275 g/mol. The first-order valence-corrected chi connectivity index (χ1v) is 5.52. The van der Waals surface area contributed by atoms with Gasteiger partial charge in [-0.3, -0.25) is 0 Å². The van der Waals surface area contributed by atoms with Crippen LogP contribution in [0.15, 0.2) is 45.7 Å². The summed E-state index contributed by atoms with van der Waals surface area (Å²) in [6.45, 7) is 1.53. The molecule has 0 bridgehead atoms. The minimum Gasteiger partial charge on any atom is -0.472 e. The van der Waals surface area contributed by atoms with Crippen LogP contribution in [0.1, 0.15) is 18.1 Å². The van der Waals surface area contributed by atoms with Crippen molar-refractivity contribution in [2.24, 2.45) is 0 Å². The fourth-order valence-electron chi connectivity index (χ4n) is 1.58. The van der Waals surface area contributed by atoms with Crippen molar-refractivity contribution in [3.63, 3.8) is 0 Å². The number of furan rings is 1. The number of aliphatic hydroxyl groups is 1. The molecule has 0 aliphatic carbocycles. The molecule has 1 aromatic carbocycles. The van der Waals surface area contributed by atoms with Crippen molar-refractivity contribution in [2.45, 2.75) is 12.5 Å². The van der Waals surface area contributed by atoms with Crippen LogP contribution in [0.2, 0.25) is 0 Å². The van der Waals surface area contributed by atoms with Crippen LogP contribution in [0.25, 0.3) is 0 Å². The van der Waals surface area contributed by atoms with E-state index in [1.54, 1.807) is 24.3 Å². The Labute approximate surface area is 101 Å². The summed E-state index contributed by atoms with van der Waals surface area (Å²) in [6, 6.07) is 6.43. The highest BCUT2D eigenvalue weighted by atomic mass is 79.9. The fourth-order valence-corrected chi connectivity index (χ4v) is 1.94. The Balaban J connectivity index is 2.56. The van der Waals surface area contributed by atoms with E-state index in [1.165, 1.54) is 19.5 Å². The Morgan fingerprint density at radius 1 is 1.38 bits per heavy atom. The molecule has 4 heteroatoms. The summed E-state index contributed by atoms with van der Waals surface area (Å²) in [7, 11) is 0. The highest BCUT2D eigenvalue weighted by molar-refractivity contribution is 9.10. The van der Waals surface area contributed by atoms with Gasteiger partial charge >= 0.3 is 0 Å². The Hall–Kier alpha value is -1.13. The van der Waals surface area contributed by atoms with Crippen molar-refractivity contribution >= 4 is 15.9 Å². The van der Waals surface area contributed by atoms with Crippen LogP contribution in [0.4, 0.5) is 4.39 Å². The average Bonchev–Trinajstić information content (AvgIpc) is 2.75. The van der Waals surface area contributed by atoms with E-state index in [2.05, 4.69) is 15.9 Å². The van der Waals surface area contributed by atoms with Crippen LogP contribution in [0, 0.1) is 5.82 Å². The zero-order valence-electron chi connectivity index (χ0n) is 8.58. The molecular formula is C12H10BrFO2. The molecule has 1 atom stereocenters. The van der Waals surface area contributed by atoms with Gasteiger partial charge in [-0.25, -0.2) is 4.39 Å². The molecule has 0 saturated carbocycles. The lowest BCUT2D eigenvalue weighted by Crippen LogP contribution is -2.23. The number of hydrogen-bond acceptors (Lipinski definition) is 2. The Kier molecular flexibility index (Phi) is 2.86. The minimum absolute atomic E-state index is 0.211. The van der Waals surface area contributed by atoms with Gasteiger partial charge in [-0.05, 0) is 35.0 Å². The first-order valence-electron chi connectivity index (χ1n) is 4.73. The molecule has 1 unspecified atom stereocenters. The maximum absolute atomic E-state index is 13.9. The molecule has 2 rings (SSSR count). The van der Waals surface area contributed by atoms with Gasteiger partial charge in [-0.2, -0.15) is 0 Å². The molecule has 2 aromatic rings. The third kappa shape index (κ3) is 1.79. The maximum atomic E-state index is 13.9. The summed E-state index contributed by atoms with van der Waals surface area (Å²) >= 11 is 3.09. The molecule has 1 N–H and O–H groups in total. The summed E-state index contributed by atoms with van der Waals surface area (Å²) in [5, 5.41) is 10.3. The second-order valence-electron chi connectivity index (χ2n) is 3.69. The molecule has 0 amide bonds. The normalized spacial score (nSPS) is 14.8. The van der Waals surface area contributed by atoms with Crippen LogP contribution in [-0.2, 0) is 5.60 Å². The molecule has 1 heterocycles.